The van der Waals surface area contributed by atoms with Crippen molar-refractivity contribution < 1.29 is 5.11 Å². The van der Waals surface area contributed by atoms with Gasteiger partial charge in [0.2, 0.25) is 0 Å². The number of hydrazone groups is 1. The molecule has 2 atom stereocenters. The first-order valence-corrected chi connectivity index (χ1v) is 7.25. The molecule has 0 aliphatic carbocycles. The molecule has 0 spiro atoms. The fourth-order valence-corrected chi connectivity index (χ4v) is 2.85. The van der Waals surface area contributed by atoms with Gasteiger partial charge in [-0.1, -0.05) is 48.5 Å². The number of phenolic OH excluding ortho intramolecular Hbond substituents is 1. The Kier molecular flexibility index (Phi) is 3.80. The van der Waals surface area contributed by atoms with Gasteiger partial charge in [-0.05, 0) is 18.6 Å². The molecule has 0 bridgehead atoms. The minimum atomic E-state index is -0.608. The summed E-state index contributed by atoms with van der Waals surface area (Å²) in [6.07, 6.45) is 0.787. The molecule has 0 fully saturated rings. The van der Waals surface area contributed by atoms with Crippen LogP contribution in [0.1, 0.15) is 36.6 Å². The van der Waals surface area contributed by atoms with Gasteiger partial charge in [0, 0.05) is 17.7 Å². The molecule has 3 rings (SSSR count). The van der Waals surface area contributed by atoms with Gasteiger partial charge >= 0.3 is 0 Å². The van der Waals surface area contributed by atoms with Crippen molar-refractivity contribution in [2.24, 2.45) is 5.10 Å². The zero-order valence-corrected chi connectivity index (χ0v) is 12.3. The molecule has 22 heavy (non-hydrogen) atoms. The molecule has 110 valence electrons. The molecular weight excluding hydrogens is 274 g/mol. The van der Waals surface area contributed by atoms with E-state index in [9.17, 15) is 10.4 Å². The van der Waals surface area contributed by atoms with E-state index in [1.54, 1.807) is 23.2 Å². The summed E-state index contributed by atoms with van der Waals surface area (Å²) in [5.41, 5.74) is 2.70. The monoisotopic (exact) mass is 291 g/mol. The van der Waals surface area contributed by atoms with Crippen molar-refractivity contribution in [3.05, 3.63) is 65.7 Å². The molecule has 2 aromatic rings. The van der Waals surface area contributed by atoms with Gasteiger partial charge in [0.05, 0.1) is 12.1 Å². The molecule has 0 radical (unpaired) electrons. The highest BCUT2D eigenvalue weighted by molar-refractivity contribution is 5.84. The van der Waals surface area contributed by atoms with Crippen LogP contribution in [0, 0.1) is 11.3 Å². The zero-order chi connectivity index (χ0) is 15.5. The summed E-state index contributed by atoms with van der Waals surface area (Å²) in [6, 6.07) is 18.7. The normalized spacial score (nSPS) is 18.6. The molecule has 0 aromatic heterocycles. The molecule has 0 saturated heterocycles. The van der Waals surface area contributed by atoms with E-state index >= 15 is 0 Å². The first-order chi connectivity index (χ1) is 10.7. The third-order valence-electron chi connectivity index (χ3n) is 3.90. The van der Waals surface area contributed by atoms with Crippen LogP contribution in [0.4, 0.5) is 0 Å². The minimum Gasteiger partial charge on any atom is -0.508 e. The maximum absolute atomic E-state index is 10.1. The summed E-state index contributed by atoms with van der Waals surface area (Å²) in [5, 5.41) is 26.1. The Morgan fingerprint density at radius 1 is 1.18 bits per heavy atom. The predicted molar refractivity (Wildman–Crippen MR) is 85.2 cm³/mol. The number of nitriles is 1. The van der Waals surface area contributed by atoms with Crippen molar-refractivity contribution in [3.8, 4) is 11.8 Å². The van der Waals surface area contributed by atoms with E-state index < -0.39 is 6.04 Å². The van der Waals surface area contributed by atoms with Crippen molar-refractivity contribution in [2.75, 3.05) is 0 Å². The van der Waals surface area contributed by atoms with Crippen LogP contribution in [0.25, 0.3) is 0 Å². The number of phenols is 1. The average Bonchev–Trinajstić information content (AvgIpc) is 2.92. The van der Waals surface area contributed by atoms with Crippen LogP contribution in [0.5, 0.6) is 5.75 Å². The molecular formula is C18H17N3O. The SMILES string of the molecule is CC1=NN([C@@H](C#N)c2ccccc2O)[C@@H](c2ccccc2)C1. The average molecular weight is 291 g/mol. The van der Waals surface area contributed by atoms with Crippen molar-refractivity contribution >= 4 is 5.71 Å². The number of nitrogens with zero attached hydrogens (tertiary/aromatic N) is 3. The lowest BCUT2D eigenvalue weighted by Crippen LogP contribution is -2.24. The Balaban J connectivity index is 2.00. The van der Waals surface area contributed by atoms with E-state index in [-0.39, 0.29) is 11.8 Å². The van der Waals surface area contributed by atoms with Crippen molar-refractivity contribution in [2.45, 2.75) is 25.4 Å². The molecule has 0 amide bonds. The Morgan fingerprint density at radius 2 is 1.86 bits per heavy atom. The number of hydrogen-bond acceptors (Lipinski definition) is 4. The largest absolute Gasteiger partial charge is 0.508 e. The van der Waals surface area contributed by atoms with Crippen molar-refractivity contribution in [3.63, 3.8) is 0 Å². The van der Waals surface area contributed by atoms with Crippen LogP contribution in [-0.4, -0.2) is 15.8 Å². The van der Waals surface area contributed by atoms with Gasteiger partial charge in [-0.15, -0.1) is 0 Å². The molecule has 1 heterocycles. The van der Waals surface area contributed by atoms with Crippen LogP contribution in [-0.2, 0) is 0 Å². The maximum atomic E-state index is 10.1. The summed E-state index contributed by atoms with van der Waals surface area (Å²) < 4.78 is 0. The van der Waals surface area contributed by atoms with E-state index in [0.717, 1.165) is 17.7 Å². The Bertz CT molecular complexity index is 733. The third kappa shape index (κ3) is 2.53. The summed E-state index contributed by atoms with van der Waals surface area (Å²) >= 11 is 0. The number of hydrogen-bond donors (Lipinski definition) is 1. The van der Waals surface area contributed by atoms with Crippen molar-refractivity contribution in [1.82, 2.24) is 5.01 Å². The van der Waals surface area contributed by atoms with Gasteiger partial charge in [0.1, 0.15) is 5.75 Å². The van der Waals surface area contributed by atoms with E-state index in [2.05, 4.69) is 11.2 Å². The maximum Gasteiger partial charge on any atom is 0.162 e. The van der Waals surface area contributed by atoms with Crippen LogP contribution in [0.15, 0.2) is 59.7 Å². The number of rotatable bonds is 3. The fourth-order valence-electron chi connectivity index (χ4n) is 2.85. The van der Waals surface area contributed by atoms with Gasteiger partial charge in [-0.3, -0.25) is 5.01 Å². The second-order valence-corrected chi connectivity index (χ2v) is 5.44. The summed E-state index contributed by atoms with van der Waals surface area (Å²) in [5.74, 6) is 0.126. The molecule has 4 nitrogen and oxygen atoms in total. The molecule has 1 N–H and O–H groups in total. The van der Waals surface area contributed by atoms with Crippen molar-refractivity contribution in [1.29, 1.82) is 5.26 Å². The van der Waals surface area contributed by atoms with Gasteiger partial charge in [0.15, 0.2) is 6.04 Å². The third-order valence-corrected chi connectivity index (χ3v) is 3.90. The lowest BCUT2D eigenvalue weighted by molar-refractivity contribution is 0.194. The first kappa shape index (κ1) is 14.2. The van der Waals surface area contributed by atoms with E-state index in [4.69, 9.17) is 0 Å². The highest BCUT2D eigenvalue weighted by Crippen LogP contribution is 2.39. The first-order valence-electron chi connectivity index (χ1n) is 7.25. The zero-order valence-electron chi connectivity index (χ0n) is 12.3. The van der Waals surface area contributed by atoms with Crippen LogP contribution in [0.2, 0.25) is 0 Å². The molecule has 1 aliphatic heterocycles. The molecule has 0 unspecified atom stereocenters. The van der Waals surface area contributed by atoms with Crippen LogP contribution < -0.4 is 0 Å². The van der Waals surface area contributed by atoms with Gasteiger partial charge in [-0.2, -0.15) is 10.4 Å². The molecule has 1 aliphatic rings. The van der Waals surface area contributed by atoms with Gasteiger partial charge < -0.3 is 5.11 Å². The van der Waals surface area contributed by atoms with E-state index in [1.807, 2.05) is 43.3 Å². The van der Waals surface area contributed by atoms with Crippen LogP contribution in [0.3, 0.4) is 0 Å². The number of para-hydroxylation sites is 1. The number of benzene rings is 2. The second-order valence-electron chi connectivity index (χ2n) is 5.44. The van der Waals surface area contributed by atoms with E-state index in [1.165, 1.54) is 0 Å². The topological polar surface area (TPSA) is 59.6 Å². The Hall–Kier alpha value is -2.80. The molecule has 4 heteroatoms. The van der Waals surface area contributed by atoms with E-state index in [0.29, 0.717) is 5.56 Å². The summed E-state index contributed by atoms with van der Waals surface area (Å²) in [6.45, 7) is 1.97. The predicted octanol–water partition coefficient (Wildman–Crippen LogP) is 3.78. The second kappa shape index (κ2) is 5.90. The summed E-state index contributed by atoms with van der Waals surface area (Å²) in [7, 11) is 0. The molecule has 0 saturated carbocycles. The summed E-state index contributed by atoms with van der Waals surface area (Å²) in [4.78, 5) is 0. The number of aromatic hydroxyl groups is 1. The quantitative estimate of drug-likeness (QED) is 0.936. The van der Waals surface area contributed by atoms with Gasteiger partial charge in [-0.25, -0.2) is 0 Å². The standard InChI is InChI=1S/C18H17N3O/c1-13-11-16(14-7-3-2-4-8-14)21(20-13)17(12-19)15-9-5-6-10-18(15)22/h2-10,16-17,22H,11H2,1H3/t16-,17+/m1/s1. The van der Waals surface area contributed by atoms with Gasteiger partial charge in [0.25, 0.3) is 0 Å². The minimum absolute atomic E-state index is 0.0189. The Labute approximate surface area is 129 Å². The fraction of sp³-hybridized carbons (Fsp3) is 0.222. The highest BCUT2D eigenvalue weighted by atomic mass is 16.3. The van der Waals surface area contributed by atoms with Crippen LogP contribution >= 0.6 is 0 Å². The molecule has 2 aromatic carbocycles. The Morgan fingerprint density at radius 3 is 2.55 bits per heavy atom. The smallest absolute Gasteiger partial charge is 0.162 e. The highest BCUT2D eigenvalue weighted by Gasteiger charge is 2.33. The lowest BCUT2D eigenvalue weighted by Gasteiger charge is -2.28. The lowest BCUT2D eigenvalue weighted by atomic mass is 9.99.